The highest BCUT2D eigenvalue weighted by Crippen LogP contribution is 2.23. The molecule has 0 spiro atoms. The topological polar surface area (TPSA) is 78.7 Å². The van der Waals surface area contributed by atoms with Crippen LogP contribution in [0.25, 0.3) is 0 Å². The molecule has 2 rings (SSSR count). The zero-order valence-corrected chi connectivity index (χ0v) is 11.8. The van der Waals surface area contributed by atoms with Crippen molar-refractivity contribution in [2.24, 2.45) is 7.05 Å². The molecule has 0 radical (unpaired) electrons. The molecular formula is C13H20N4O3. The second kappa shape index (κ2) is 6.04. The number of anilines is 1. The molecule has 1 aliphatic heterocycles. The number of rotatable bonds is 6. The summed E-state index contributed by atoms with van der Waals surface area (Å²) in [6, 6.07) is -0.341. The van der Waals surface area contributed by atoms with E-state index >= 15 is 0 Å². The molecule has 1 fully saturated rings. The third-order valence-corrected chi connectivity index (χ3v) is 3.47. The first-order valence-electron chi connectivity index (χ1n) is 6.78. The third kappa shape index (κ3) is 2.98. The Morgan fingerprint density at radius 1 is 1.60 bits per heavy atom. The number of carbonyl (C=O) groups is 2. The average molecular weight is 280 g/mol. The fourth-order valence-corrected chi connectivity index (χ4v) is 2.61. The monoisotopic (exact) mass is 280 g/mol. The van der Waals surface area contributed by atoms with E-state index in [2.05, 4.69) is 5.10 Å². The molecule has 1 aromatic rings. The van der Waals surface area contributed by atoms with Crippen LogP contribution in [0.5, 0.6) is 0 Å². The highest BCUT2D eigenvalue weighted by Gasteiger charge is 2.37. The summed E-state index contributed by atoms with van der Waals surface area (Å²) in [6.07, 6.45) is 4.92. The first-order valence-corrected chi connectivity index (χ1v) is 6.78. The second-order valence-corrected chi connectivity index (χ2v) is 5.03. The number of hydrogen-bond acceptors (Lipinski definition) is 4. The predicted octanol–water partition coefficient (Wildman–Crippen LogP) is 0.322. The number of carboxylic acid groups (broad SMARTS) is 1. The molecule has 1 atom stereocenters. The van der Waals surface area contributed by atoms with Crippen molar-refractivity contribution in [1.29, 1.82) is 0 Å². The standard InChI is InChI=1S/C13H20N4O3/c1-3-5-16(9-12(18)19)11-4-6-17(13(11)20)10-7-14-15(2)8-10/h7-8,11H,3-6,9H2,1-2H3,(H,18,19). The lowest BCUT2D eigenvalue weighted by Gasteiger charge is -2.25. The summed E-state index contributed by atoms with van der Waals surface area (Å²) in [5, 5.41) is 13.0. The minimum absolute atomic E-state index is 0.0345. The Kier molecular flexibility index (Phi) is 4.39. The molecule has 7 nitrogen and oxygen atoms in total. The fourth-order valence-electron chi connectivity index (χ4n) is 2.61. The van der Waals surface area contributed by atoms with Crippen molar-refractivity contribution >= 4 is 17.6 Å². The number of aryl methyl sites for hydroxylation is 1. The van der Waals surface area contributed by atoms with Crippen LogP contribution in [0.4, 0.5) is 5.69 Å². The van der Waals surface area contributed by atoms with E-state index in [0.29, 0.717) is 19.5 Å². The molecule has 1 unspecified atom stereocenters. The predicted molar refractivity (Wildman–Crippen MR) is 73.5 cm³/mol. The van der Waals surface area contributed by atoms with Crippen molar-refractivity contribution in [3.8, 4) is 0 Å². The van der Waals surface area contributed by atoms with Crippen LogP contribution in [0.2, 0.25) is 0 Å². The maximum atomic E-state index is 12.5. The first kappa shape index (κ1) is 14.5. The van der Waals surface area contributed by atoms with Gasteiger partial charge in [-0.2, -0.15) is 5.10 Å². The average Bonchev–Trinajstić information content (AvgIpc) is 2.94. The lowest BCUT2D eigenvalue weighted by molar-refractivity contribution is -0.139. The quantitative estimate of drug-likeness (QED) is 0.812. The fraction of sp³-hybridized carbons (Fsp3) is 0.615. The van der Waals surface area contributed by atoms with E-state index in [9.17, 15) is 9.59 Å². The number of carbonyl (C=O) groups excluding carboxylic acids is 1. The van der Waals surface area contributed by atoms with E-state index in [1.165, 1.54) is 0 Å². The van der Waals surface area contributed by atoms with Crippen LogP contribution in [-0.4, -0.2) is 57.3 Å². The van der Waals surface area contributed by atoms with Gasteiger partial charge in [-0.15, -0.1) is 0 Å². The molecule has 1 N–H and O–H groups in total. The second-order valence-electron chi connectivity index (χ2n) is 5.03. The molecule has 1 amide bonds. The molecule has 0 bridgehead atoms. The zero-order chi connectivity index (χ0) is 14.7. The van der Waals surface area contributed by atoms with Gasteiger partial charge < -0.3 is 10.0 Å². The van der Waals surface area contributed by atoms with Crippen LogP contribution in [0.15, 0.2) is 12.4 Å². The van der Waals surface area contributed by atoms with Gasteiger partial charge in [-0.1, -0.05) is 6.92 Å². The maximum absolute atomic E-state index is 12.5. The molecular weight excluding hydrogens is 260 g/mol. The van der Waals surface area contributed by atoms with E-state index in [1.54, 1.807) is 33.9 Å². The molecule has 0 aromatic carbocycles. The van der Waals surface area contributed by atoms with Crippen molar-refractivity contribution in [1.82, 2.24) is 14.7 Å². The van der Waals surface area contributed by atoms with E-state index < -0.39 is 5.97 Å². The van der Waals surface area contributed by atoms with E-state index in [4.69, 9.17) is 5.11 Å². The van der Waals surface area contributed by atoms with Gasteiger partial charge in [0, 0.05) is 19.8 Å². The minimum atomic E-state index is -0.897. The van der Waals surface area contributed by atoms with E-state index in [0.717, 1.165) is 12.1 Å². The molecule has 20 heavy (non-hydrogen) atoms. The normalized spacial score (nSPS) is 19.1. The first-order chi connectivity index (χ1) is 9.52. The van der Waals surface area contributed by atoms with E-state index in [-0.39, 0.29) is 18.5 Å². The Morgan fingerprint density at radius 2 is 2.35 bits per heavy atom. The smallest absolute Gasteiger partial charge is 0.317 e. The largest absolute Gasteiger partial charge is 0.480 e. The van der Waals surface area contributed by atoms with Crippen molar-refractivity contribution in [2.45, 2.75) is 25.8 Å². The van der Waals surface area contributed by atoms with Crippen molar-refractivity contribution < 1.29 is 14.7 Å². The van der Waals surface area contributed by atoms with Crippen LogP contribution in [0.3, 0.4) is 0 Å². The third-order valence-electron chi connectivity index (χ3n) is 3.47. The number of carboxylic acids is 1. The summed E-state index contributed by atoms with van der Waals surface area (Å²) in [5.74, 6) is -0.932. The number of hydrogen-bond donors (Lipinski definition) is 1. The molecule has 1 aliphatic rings. The van der Waals surface area contributed by atoms with Gasteiger partial charge in [0.2, 0.25) is 5.91 Å². The van der Waals surface area contributed by atoms with E-state index in [1.807, 2.05) is 6.92 Å². The molecule has 2 heterocycles. The summed E-state index contributed by atoms with van der Waals surface area (Å²) in [4.78, 5) is 26.8. The highest BCUT2D eigenvalue weighted by atomic mass is 16.4. The zero-order valence-electron chi connectivity index (χ0n) is 11.8. The summed E-state index contributed by atoms with van der Waals surface area (Å²) in [5.41, 5.74) is 0.770. The molecule has 110 valence electrons. The van der Waals surface area contributed by atoms with Gasteiger partial charge in [-0.05, 0) is 19.4 Å². The molecule has 1 saturated heterocycles. The van der Waals surface area contributed by atoms with Crippen molar-refractivity contribution in [3.63, 3.8) is 0 Å². The van der Waals surface area contributed by atoms with Crippen LogP contribution in [0.1, 0.15) is 19.8 Å². The van der Waals surface area contributed by atoms with Gasteiger partial charge in [0.05, 0.1) is 24.5 Å². The number of aromatic nitrogens is 2. The maximum Gasteiger partial charge on any atom is 0.317 e. The Hall–Kier alpha value is -1.89. The Bertz CT molecular complexity index is 500. The van der Waals surface area contributed by atoms with Gasteiger partial charge in [0.1, 0.15) is 0 Å². The van der Waals surface area contributed by atoms with Gasteiger partial charge in [-0.3, -0.25) is 19.2 Å². The number of amides is 1. The SMILES string of the molecule is CCCN(CC(=O)O)C1CCN(c2cnn(C)c2)C1=O. The van der Waals surface area contributed by atoms with Gasteiger partial charge >= 0.3 is 5.97 Å². The Morgan fingerprint density at radius 3 is 2.90 bits per heavy atom. The van der Waals surface area contributed by atoms with Crippen LogP contribution < -0.4 is 4.90 Å². The summed E-state index contributed by atoms with van der Waals surface area (Å²) in [7, 11) is 1.80. The van der Waals surface area contributed by atoms with Crippen molar-refractivity contribution in [2.75, 3.05) is 24.5 Å². The summed E-state index contributed by atoms with van der Waals surface area (Å²) in [6.45, 7) is 3.11. The minimum Gasteiger partial charge on any atom is -0.480 e. The van der Waals surface area contributed by atoms with Crippen LogP contribution in [0, 0.1) is 0 Å². The molecule has 0 saturated carbocycles. The lowest BCUT2D eigenvalue weighted by atomic mass is 10.2. The van der Waals surface area contributed by atoms with Gasteiger partial charge in [0.15, 0.2) is 0 Å². The molecule has 1 aromatic heterocycles. The number of aliphatic carboxylic acids is 1. The highest BCUT2D eigenvalue weighted by molar-refractivity contribution is 5.99. The summed E-state index contributed by atoms with van der Waals surface area (Å²) >= 11 is 0. The lowest BCUT2D eigenvalue weighted by Crippen LogP contribution is -2.44. The molecule has 0 aliphatic carbocycles. The Balaban J connectivity index is 2.10. The van der Waals surface area contributed by atoms with Crippen molar-refractivity contribution in [3.05, 3.63) is 12.4 Å². The molecule has 7 heteroatoms. The van der Waals surface area contributed by atoms with Gasteiger partial charge in [0.25, 0.3) is 0 Å². The van der Waals surface area contributed by atoms with Gasteiger partial charge in [-0.25, -0.2) is 0 Å². The van der Waals surface area contributed by atoms with Crippen LogP contribution >= 0.6 is 0 Å². The number of nitrogens with zero attached hydrogens (tertiary/aromatic N) is 4. The summed E-state index contributed by atoms with van der Waals surface area (Å²) < 4.78 is 1.65. The Labute approximate surface area is 117 Å². The van der Waals surface area contributed by atoms with Crippen LogP contribution in [-0.2, 0) is 16.6 Å².